The smallest absolute Gasteiger partial charge is 0.326 e. The van der Waals surface area contributed by atoms with Crippen molar-refractivity contribution >= 4 is 52.7 Å². The second-order valence-electron chi connectivity index (χ2n) is 7.24. The molecule has 0 bridgehead atoms. The van der Waals surface area contributed by atoms with Gasteiger partial charge in [-0.1, -0.05) is 41.4 Å². The Balaban J connectivity index is 1.60. The van der Waals surface area contributed by atoms with E-state index in [1.807, 2.05) is 0 Å². The highest BCUT2D eigenvalue weighted by Gasteiger charge is 2.35. The van der Waals surface area contributed by atoms with Crippen molar-refractivity contribution in [3.63, 3.8) is 0 Å². The lowest BCUT2D eigenvalue weighted by Gasteiger charge is -2.23. The summed E-state index contributed by atoms with van der Waals surface area (Å²) in [4.78, 5) is 37.4. The molecule has 32 heavy (non-hydrogen) atoms. The summed E-state index contributed by atoms with van der Waals surface area (Å²) in [5.41, 5.74) is 1.39. The highest BCUT2D eigenvalue weighted by Crippen LogP contribution is 2.26. The molecule has 10 heteroatoms. The number of halogens is 2. The minimum Gasteiger partial charge on any atom is -0.489 e. The van der Waals surface area contributed by atoms with E-state index in [0.717, 1.165) is 0 Å². The van der Waals surface area contributed by atoms with Gasteiger partial charge in [-0.3, -0.25) is 9.59 Å². The second kappa shape index (κ2) is 10.9. The van der Waals surface area contributed by atoms with Crippen LogP contribution in [-0.2, 0) is 27.4 Å². The monoisotopic (exact) mass is 496 g/mol. The van der Waals surface area contributed by atoms with Gasteiger partial charge < -0.3 is 20.1 Å². The van der Waals surface area contributed by atoms with Crippen molar-refractivity contribution < 1.29 is 24.2 Å². The van der Waals surface area contributed by atoms with Crippen molar-refractivity contribution in [2.75, 3.05) is 11.6 Å². The van der Waals surface area contributed by atoms with Gasteiger partial charge in [-0.05, 0) is 29.8 Å². The van der Waals surface area contributed by atoms with Gasteiger partial charge in [-0.25, -0.2) is 4.79 Å². The van der Waals surface area contributed by atoms with Gasteiger partial charge >= 0.3 is 5.97 Å². The number of hydrogen-bond donors (Lipinski definition) is 2. The van der Waals surface area contributed by atoms with Gasteiger partial charge in [0.1, 0.15) is 24.4 Å². The van der Waals surface area contributed by atoms with Gasteiger partial charge in [-0.15, -0.1) is 11.8 Å². The molecule has 0 aliphatic carbocycles. The van der Waals surface area contributed by atoms with Crippen LogP contribution in [0, 0.1) is 0 Å². The average Bonchev–Trinajstić information content (AvgIpc) is 3.24. The first kappa shape index (κ1) is 24.2. The van der Waals surface area contributed by atoms with Crippen molar-refractivity contribution in [2.45, 2.75) is 32.0 Å². The molecule has 2 aromatic rings. The molecule has 0 spiro atoms. The number of ether oxygens (including phenoxy) is 1. The molecule has 2 aromatic carbocycles. The Labute approximate surface area is 200 Å². The quantitative estimate of drug-likeness (QED) is 0.579. The van der Waals surface area contributed by atoms with Crippen LogP contribution >= 0.6 is 35.0 Å². The molecule has 0 saturated carbocycles. The predicted octanol–water partition coefficient (Wildman–Crippen LogP) is 3.61. The number of hydrogen-bond acceptors (Lipinski definition) is 5. The molecule has 0 radical (unpaired) electrons. The van der Waals surface area contributed by atoms with Crippen molar-refractivity contribution in [1.82, 2.24) is 10.2 Å². The maximum atomic E-state index is 12.6. The zero-order chi connectivity index (χ0) is 23.3. The van der Waals surface area contributed by atoms with Gasteiger partial charge in [0.15, 0.2) is 0 Å². The SMILES string of the molecule is CC(=O)N1CSC[C@@H]1C(=O)N[C@@H](Cc1ccc(OCc2c(Cl)cccc2Cl)cc1)C(=O)O. The molecule has 170 valence electrons. The standard InChI is InChI=1S/C22H22Cl2N2O5S/c1-13(27)26-12-32-11-20(26)21(28)25-19(22(29)30)9-14-5-7-15(8-6-14)31-10-16-17(23)3-2-4-18(16)24/h2-8,19-20H,9-12H2,1H3,(H,25,28)(H,29,30)/t19-,20+/m0/s1. The highest BCUT2D eigenvalue weighted by molar-refractivity contribution is 7.99. The maximum Gasteiger partial charge on any atom is 0.326 e. The van der Waals surface area contributed by atoms with E-state index < -0.39 is 24.0 Å². The number of thioether (sulfide) groups is 1. The molecule has 0 unspecified atom stereocenters. The summed E-state index contributed by atoms with van der Waals surface area (Å²) in [5.74, 6) is -0.386. The number of carboxylic acid groups (broad SMARTS) is 1. The van der Waals surface area contributed by atoms with Crippen LogP contribution in [0.2, 0.25) is 10.0 Å². The molecule has 7 nitrogen and oxygen atoms in total. The van der Waals surface area contributed by atoms with Crippen LogP contribution in [0.1, 0.15) is 18.1 Å². The number of nitrogens with zero attached hydrogens (tertiary/aromatic N) is 1. The van der Waals surface area contributed by atoms with Crippen LogP contribution in [0.3, 0.4) is 0 Å². The normalized spacial score (nSPS) is 16.5. The second-order valence-corrected chi connectivity index (χ2v) is 9.06. The Kier molecular flexibility index (Phi) is 8.28. The minimum atomic E-state index is -1.15. The molecule has 2 N–H and O–H groups in total. The number of aliphatic carboxylic acids is 1. The van der Waals surface area contributed by atoms with Gasteiger partial charge in [0.25, 0.3) is 0 Å². The van der Waals surface area contributed by atoms with Gasteiger partial charge in [0.05, 0.1) is 5.88 Å². The zero-order valence-electron chi connectivity index (χ0n) is 17.2. The van der Waals surface area contributed by atoms with Crippen LogP contribution < -0.4 is 10.1 Å². The Morgan fingerprint density at radius 1 is 1.19 bits per heavy atom. The Hall–Kier alpha value is -2.42. The van der Waals surface area contributed by atoms with E-state index in [9.17, 15) is 19.5 Å². The van der Waals surface area contributed by atoms with Gasteiger partial charge in [0.2, 0.25) is 11.8 Å². The molecule has 3 rings (SSSR count). The number of rotatable bonds is 8. The Morgan fingerprint density at radius 2 is 1.84 bits per heavy atom. The summed E-state index contributed by atoms with van der Waals surface area (Å²) in [6.07, 6.45) is 0.0949. The van der Waals surface area contributed by atoms with E-state index in [-0.39, 0.29) is 18.9 Å². The molecule has 1 fully saturated rings. The molecule has 2 atom stereocenters. The predicted molar refractivity (Wildman–Crippen MR) is 124 cm³/mol. The fourth-order valence-electron chi connectivity index (χ4n) is 3.22. The van der Waals surface area contributed by atoms with E-state index in [4.69, 9.17) is 27.9 Å². The number of benzene rings is 2. The molecule has 1 aliphatic rings. The molecule has 1 heterocycles. The summed E-state index contributed by atoms with van der Waals surface area (Å²) in [7, 11) is 0. The van der Waals surface area contributed by atoms with E-state index in [1.54, 1.807) is 42.5 Å². The fraction of sp³-hybridized carbons (Fsp3) is 0.318. The minimum absolute atomic E-state index is 0.0949. The number of carbonyl (C=O) groups is 3. The third-order valence-corrected chi connectivity index (χ3v) is 6.73. The molecular formula is C22H22Cl2N2O5S. The van der Waals surface area contributed by atoms with Crippen molar-refractivity contribution in [3.8, 4) is 5.75 Å². The van der Waals surface area contributed by atoms with Gasteiger partial charge in [0, 0.05) is 34.7 Å². The summed E-state index contributed by atoms with van der Waals surface area (Å²) < 4.78 is 5.73. The number of amides is 2. The van der Waals surface area contributed by atoms with Crippen molar-refractivity contribution in [1.29, 1.82) is 0 Å². The summed E-state index contributed by atoms with van der Waals surface area (Å²) in [6, 6.07) is 10.3. The summed E-state index contributed by atoms with van der Waals surface area (Å²) in [6.45, 7) is 1.59. The van der Waals surface area contributed by atoms with Crippen LogP contribution in [0.25, 0.3) is 0 Å². The zero-order valence-corrected chi connectivity index (χ0v) is 19.5. The topological polar surface area (TPSA) is 95.9 Å². The first-order chi connectivity index (χ1) is 15.3. The molecular weight excluding hydrogens is 475 g/mol. The van der Waals surface area contributed by atoms with Gasteiger partial charge in [-0.2, -0.15) is 0 Å². The Bertz CT molecular complexity index is 982. The number of carboxylic acids is 1. The fourth-order valence-corrected chi connectivity index (χ4v) is 4.95. The highest BCUT2D eigenvalue weighted by atomic mass is 35.5. The van der Waals surface area contributed by atoms with E-state index in [2.05, 4.69) is 5.32 Å². The van der Waals surface area contributed by atoms with Crippen molar-refractivity contribution in [2.24, 2.45) is 0 Å². The number of carbonyl (C=O) groups excluding carboxylic acids is 2. The van der Waals surface area contributed by atoms with Crippen LogP contribution in [0.5, 0.6) is 5.75 Å². The number of nitrogens with one attached hydrogen (secondary N) is 1. The summed E-state index contributed by atoms with van der Waals surface area (Å²) >= 11 is 13.7. The maximum absolute atomic E-state index is 12.6. The lowest BCUT2D eigenvalue weighted by molar-refractivity contribution is -0.143. The summed E-state index contributed by atoms with van der Waals surface area (Å²) in [5, 5.41) is 13.2. The molecule has 1 aliphatic heterocycles. The average molecular weight is 497 g/mol. The van der Waals surface area contributed by atoms with Crippen LogP contribution in [-0.4, -0.2) is 51.5 Å². The first-order valence-corrected chi connectivity index (χ1v) is 11.7. The third-order valence-electron chi connectivity index (χ3n) is 5.01. The largest absolute Gasteiger partial charge is 0.489 e. The lowest BCUT2D eigenvalue weighted by Crippen LogP contribution is -2.52. The molecule has 0 aromatic heterocycles. The Morgan fingerprint density at radius 3 is 2.44 bits per heavy atom. The molecule has 1 saturated heterocycles. The first-order valence-electron chi connectivity index (χ1n) is 9.79. The third kappa shape index (κ3) is 6.09. The van der Waals surface area contributed by atoms with Crippen LogP contribution in [0.4, 0.5) is 0 Å². The lowest BCUT2D eigenvalue weighted by atomic mass is 10.1. The van der Waals surface area contributed by atoms with E-state index >= 15 is 0 Å². The van der Waals surface area contributed by atoms with Crippen molar-refractivity contribution in [3.05, 3.63) is 63.6 Å². The molecule has 2 amide bonds. The van der Waals surface area contributed by atoms with E-state index in [1.165, 1.54) is 23.6 Å². The van der Waals surface area contributed by atoms with E-state index in [0.29, 0.717) is 38.6 Å². The van der Waals surface area contributed by atoms with Crippen LogP contribution in [0.15, 0.2) is 42.5 Å².